The van der Waals surface area contributed by atoms with Crippen LogP contribution in [0.5, 0.6) is 0 Å². The molecule has 2 aliphatic rings. The lowest BCUT2D eigenvalue weighted by atomic mass is 10.1. The quantitative estimate of drug-likeness (QED) is 0.583. The highest BCUT2D eigenvalue weighted by Crippen LogP contribution is 2.27. The first kappa shape index (κ1) is 22.8. The second-order valence-electron chi connectivity index (χ2n) is 8.81. The van der Waals surface area contributed by atoms with Crippen molar-refractivity contribution < 1.29 is 4.79 Å². The zero-order valence-corrected chi connectivity index (χ0v) is 20.1. The summed E-state index contributed by atoms with van der Waals surface area (Å²) >= 11 is 0. The van der Waals surface area contributed by atoms with Crippen LogP contribution in [0.15, 0.2) is 41.2 Å². The van der Waals surface area contributed by atoms with E-state index in [1.807, 2.05) is 20.0 Å². The standard InChI is InChI=1S/C24H34N8O/c1-16-6-7-19(32-10-8-30(4)9-11-32)13-20(16)27-17(2)21-12-18(14-26-21)28-24(33)23-29-22(25-3)15-31(23)5/h6-7,12-13,15,18,25-26H,8-11,14H2,1-5H3,(H,28,33). The van der Waals surface area contributed by atoms with Crippen LogP contribution < -0.4 is 20.9 Å². The summed E-state index contributed by atoms with van der Waals surface area (Å²) < 4.78 is 1.72. The molecule has 176 valence electrons. The number of piperazine rings is 1. The number of carbonyl (C=O) groups is 1. The number of hydrogen-bond donors (Lipinski definition) is 3. The summed E-state index contributed by atoms with van der Waals surface area (Å²) in [6.07, 6.45) is 3.82. The van der Waals surface area contributed by atoms with E-state index in [0.29, 0.717) is 18.2 Å². The molecule has 33 heavy (non-hydrogen) atoms. The van der Waals surface area contributed by atoms with Crippen molar-refractivity contribution in [1.29, 1.82) is 0 Å². The van der Waals surface area contributed by atoms with Gasteiger partial charge in [0, 0.05) is 58.7 Å². The summed E-state index contributed by atoms with van der Waals surface area (Å²) in [4.78, 5) is 26.7. The van der Waals surface area contributed by atoms with E-state index in [2.05, 4.69) is 62.9 Å². The van der Waals surface area contributed by atoms with Crippen molar-refractivity contribution >= 4 is 28.8 Å². The van der Waals surface area contributed by atoms with Gasteiger partial charge in [0.25, 0.3) is 5.91 Å². The van der Waals surface area contributed by atoms with Crippen molar-refractivity contribution in [2.24, 2.45) is 12.0 Å². The van der Waals surface area contributed by atoms with Gasteiger partial charge in [0.2, 0.25) is 5.82 Å². The molecule has 0 radical (unpaired) electrons. The molecule has 1 unspecified atom stereocenters. The maximum absolute atomic E-state index is 12.7. The van der Waals surface area contributed by atoms with Crippen LogP contribution in [0.4, 0.5) is 17.2 Å². The van der Waals surface area contributed by atoms with Crippen LogP contribution in [0.2, 0.25) is 0 Å². The summed E-state index contributed by atoms with van der Waals surface area (Å²) in [6.45, 7) is 8.92. The van der Waals surface area contributed by atoms with Gasteiger partial charge in [0.15, 0.2) is 0 Å². The molecule has 3 heterocycles. The van der Waals surface area contributed by atoms with Crippen LogP contribution in [-0.2, 0) is 7.05 Å². The number of amides is 1. The van der Waals surface area contributed by atoms with Crippen molar-refractivity contribution in [2.75, 3.05) is 57.0 Å². The van der Waals surface area contributed by atoms with Gasteiger partial charge in [-0.3, -0.25) is 9.79 Å². The first-order valence-electron chi connectivity index (χ1n) is 11.4. The number of aromatic nitrogens is 2. The number of hydrogen-bond acceptors (Lipinski definition) is 7. The summed E-state index contributed by atoms with van der Waals surface area (Å²) in [5, 5.41) is 9.37. The van der Waals surface area contributed by atoms with Crippen LogP contribution in [0.1, 0.15) is 23.1 Å². The van der Waals surface area contributed by atoms with Crippen LogP contribution in [0, 0.1) is 6.92 Å². The second kappa shape index (κ2) is 9.66. The molecule has 1 aromatic carbocycles. The molecule has 0 bridgehead atoms. The molecule has 1 atom stereocenters. The first-order valence-corrected chi connectivity index (χ1v) is 11.4. The van der Waals surface area contributed by atoms with Gasteiger partial charge in [0.05, 0.1) is 23.1 Å². The molecular weight excluding hydrogens is 416 g/mol. The lowest BCUT2D eigenvalue weighted by Crippen LogP contribution is -2.44. The number of aliphatic imine (C=N–C) groups is 1. The number of aryl methyl sites for hydroxylation is 2. The molecular formula is C24H34N8O. The first-order chi connectivity index (χ1) is 15.8. The number of allylic oxidation sites excluding steroid dienone is 1. The molecule has 4 rings (SSSR count). The van der Waals surface area contributed by atoms with E-state index in [1.54, 1.807) is 17.8 Å². The maximum Gasteiger partial charge on any atom is 0.287 e. The fraction of sp³-hybridized carbons (Fsp3) is 0.458. The molecule has 9 heteroatoms. The third kappa shape index (κ3) is 5.19. The van der Waals surface area contributed by atoms with E-state index in [0.717, 1.165) is 48.8 Å². The Kier molecular flexibility index (Phi) is 6.69. The summed E-state index contributed by atoms with van der Waals surface area (Å²) in [5.74, 6) is 0.845. The van der Waals surface area contributed by atoms with Gasteiger partial charge in [-0.05, 0) is 44.7 Å². The second-order valence-corrected chi connectivity index (χ2v) is 8.81. The molecule has 1 amide bonds. The lowest BCUT2D eigenvalue weighted by Gasteiger charge is -2.34. The van der Waals surface area contributed by atoms with Crippen molar-refractivity contribution in [3.63, 3.8) is 0 Å². The van der Waals surface area contributed by atoms with E-state index in [9.17, 15) is 4.79 Å². The largest absolute Gasteiger partial charge is 0.381 e. The van der Waals surface area contributed by atoms with Gasteiger partial charge >= 0.3 is 0 Å². The number of nitrogens with zero attached hydrogens (tertiary/aromatic N) is 5. The van der Waals surface area contributed by atoms with E-state index in [4.69, 9.17) is 4.99 Å². The SMILES string of the molecule is CNc1cn(C)c(C(=O)NC2C=C(C(C)=Nc3cc(N4CCN(C)CC4)ccc3C)NC2)n1. The van der Waals surface area contributed by atoms with E-state index in [-0.39, 0.29) is 11.9 Å². The highest BCUT2D eigenvalue weighted by Gasteiger charge is 2.22. The molecule has 0 saturated carbocycles. The van der Waals surface area contributed by atoms with E-state index in [1.165, 1.54) is 5.69 Å². The van der Waals surface area contributed by atoms with Gasteiger partial charge in [-0.1, -0.05) is 6.07 Å². The van der Waals surface area contributed by atoms with Crippen LogP contribution in [0.3, 0.4) is 0 Å². The average Bonchev–Trinajstić information content (AvgIpc) is 3.42. The number of anilines is 2. The van der Waals surface area contributed by atoms with Gasteiger partial charge < -0.3 is 30.3 Å². The molecule has 9 nitrogen and oxygen atoms in total. The number of imidazole rings is 1. The Labute approximate surface area is 195 Å². The molecule has 2 aliphatic heterocycles. The van der Waals surface area contributed by atoms with Crippen LogP contribution in [-0.4, -0.2) is 78.9 Å². The molecule has 0 spiro atoms. The Hall–Kier alpha value is -3.33. The summed E-state index contributed by atoms with van der Waals surface area (Å²) in [7, 11) is 5.76. The summed E-state index contributed by atoms with van der Waals surface area (Å²) in [5.41, 5.74) is 5.19. The lowest BCUT2D eigenvalue weighted by molar-refractivity contribution is 0.0932. The van der Waals surface area contributed by atoms with Crippen molar-refractivity contribution in [3.05, 3.63) is 47.6 Å². The minimum Gasteiger partial charge on any atom is -0.381 e. The number of benzene rings is 1. The monoisotopic (exact) mass is 450 g/mol. The summed E-state index contributed by atoms with van der Waals surface area (Å²) in [6, 6.07) is 6.39. The zero-order valence-electron chi connectivity index (χ0n) is 20.1. The number of likely N-dealkylation sites (N-methyl/N-ethyl adjacent to an activating group) is 1. The Bertz CT molecular complexity index is 1080. The van der Waals surface area contributed by atoms with Crippen LogP contribution in [0.25, 0.3) is 0 Å². The minimum atomic E-state index is -0.200. The molecule has 1 saturated heterocycles. The van der Waals surface area contributed by atoms with Crippen LogP contribution >= 0.6 is 0 Å². The molecule has 1 fully saturated rings. The van der Waals surface area contributed by atoms with Gasteiger partial charge in [-0.2, -0.15) is 0 Å². The topological polar surface area (TPSA) is 89.8 Å². The Morgan fingerprint density at radius 2 is 1.97 bits per heavy atom. The normalized spacial score (nSPS) is 19.3. The smallest absolute Gasteiger partial charge is 0.287 e. The highest BCUT2D eigenvalue weighted by atomic mass is 16.2. The minimum absolute atomic E-state index is 0.120. The molecule has 0 aliphatic carbocycles. The van der Waals surface area contributed by atoms with Gasteiger partial charge in [-0.25, -0.2) is 4.98 Å². The fourth-order valence-electron chi connectivity index (χ4n) is 4.13. The molecule has 3 N–H and O–H groups in total. The van der Waals surface area contributed by atoms with Gasteiger partial charge in [-0.15, -0.1) is 0 Å². The van der Waals surface area contributed by atoms with E-state index < -0.39 is 0 Å². The number of carbonyl (C=O) groups excluding carboxylic acids is 1. The van der Waals surface area contributed by atoms with Crippen molar-refractivity contribution in [3.8, 4) is 0 Å². The Morgan fingerprint density at radius 1 is 1.21 bits per heavy atom. The Balaban J connectivity index is 1.45. The third-order valence-electron chi connectivity index (χ3n) is 6.27. The molecule has 2 aromatic rings. The van der Waals surface area contributed by atoms with Gasteiger partial charge in [0.1, 0.15) is 5.82 Å². The number of nitrogens with one attached hydrogen (secondary N) is 3. The zero-order chi connectivity index (χ0) is 23.5. The van der Waals surface area contributed by atoms with Crippen molar-refractivity contribution in [2.45, 2.75) is 19.9 Å². The van der Waals surface area contributed by atoms with Crippen molar-refractivity contribution in [1.82, 2.24) is 25.1 Å². The predicted octanol–water partition coefficient (Wildman–Crippen LogP) is 1.90. The third-order valence-corrected chi connectivity index (χ3v) is 6.27. The maximum atomic E-state index is 12.7. The number of rotatable bonds is 6. The molecule has 1 aromatic heterocycles. The Morgan fingerprint density at radius 3 is 2.67 bits per heavy atom. The highest BCUT2D eigenvalue weighted by molar-refractivity contribution is 6.00. The van der Waals surface area contributed by atoms with E-state index >= 15 is 0 Å². The fourth-order valence-corrected chi connectivity index (χ4v) is 4.13. The average molecular weight is 451 g/mol. The predicted molar refractivity (Wildman–Crippen MR) is 134 cm³/mol.